The molecule has 0 radical (unpaired) electrons. The summed E-state index contributed by atoms with van der Waals surface area (Å²) in [6.07, 6.45) is 2.26. The molecule has 0 bridgehead atoms. The number of amides is 1. The van der Waals surface area contributed by atoms with Gasteiger partial charge in [-0.2, -0.15) is 17.0 Å². The van der Waals surface area contributed by atoms with Gasteiger partial charge in [0.1, 0.15) is 10.1 Å². The van der Waals surface area contributed by atoms with E-state index in [1.807, 2.05) is 0 Å². The first-order chi connectivity index (χ1) is 8.15. The molecule has 1 fully saturated rings. The van der Waals surface area contributed by atoms with Crippen LogP contribution in [0.1, 0.15) is 16.8 Å². The number of hydrogen-bond donors (Lipinski definition) is 1. The molecule has 4 nitrogen and oxygen atoms in total. The Morgan fingerprint density at radius 3 is 3.12 bits per heavy atom. The number of nitrogens with one attached hydrogen (secondary N) is 1. The van der Waals surface area contributed by atoms with Gasteiger partial charge in [-0.25, -0.2) is 4.98 Å². The van der Waals surface area contributed by atoms with Crippen molar-refractivity contribution in [1.82, 2.24) is 10.3 Å². The first-order valence-corrected chi connectivity index (χ1v) is 7.03. The molecule has 0 aliphatic carbocycles. The summed E-state index contributed by atoms with van der Waals surface area (Å²) in [5, 5.41) is 12.0. The molecule has 0 aromatic carbocycles. The highest BCUT2D eigenvalue weighted by Gasteiger charge is 2.36. The lowest BCUT2D eigenvalue weighted by Gasteiger charge is -2.21. The Bertz CT molecular complexity index is 480. The van der Waals surface area contributed by atoms with Gasteiger partial charge in [-0.1, -0.05) is 0 Å². The molecule has 1 aromatic heterocycles. The number of pyridine rings is 1. The van der Waals surface area contributed by atoms with Crippen LogP contribution in [-0.4, -0.2) is 27.9 Å². The van der Waals surface area contributed by atoms with E-state index in [0.29, 0.717) is 22.3 Å². The van der Waals surface area contributed by atoms with E-state index in [1.54, 1.807) is 30.1 Å². The largest absolute Gasteiger partial charge is 0.333 e. The number of thioether (sulfide) groups is 1. The van der Waals surface area contributed by atoms with Gasteiger partial charge in [-0.15, -0.1) is 0 Å². The summed E-state index contributed by atoms with van der Waals surface area (Å²) in [5.74, 6) is 1.34. The normalized spacial score (nSPS) is 23.1. The summed E-state index contributed by atoms with van der Waals surface area (Å²) in [4.78, 5) is 16.0. The minimum Gasteiger partial charge on any atom is -0.333 e. The van der Waals surface area contributed by atoms with Crippen molar-refractivity contribution < 1.29 is 4.79 Å². The molecule has 2 heterocycles. The van der Waals surface area contributed by atoms with Gasteiger partial charge in [0.05, 0.1) is 6.07 Å². The molecule has 6 heteroatoms. The standard InChI is InChI=1S/C11H10BrN3OS/c12-9-5-8(1-3-14-9)10(16)15-11(6-13)2-4-17-7-11/h1,3,5H,2,4,7H2,(H,15,16). The molecule has 88 valence electrons. The Labute approximate surface area is 112 Å². The van der Waals surface area contributed by atoms with Crippen LogP contribution < -0.4 is 5.32 Å². The van der Waals surface area contributed by atoms with Gasteiger partial charge in [0.25, 0.3) is 5.91 Å². The first-order valence-electron chi connectivity index (χ1n) is 5.08. The Balaban J connectivity index is 2.14. The van der Waals surface area contributed by atoms with Crippen LogP contribution in [0.5, 0.6) is 0 Å². The van der Waals surface area contributed by atoms with E-state index in [9.17, 15) is 4.79 Å². The molecule has 17 heavy (non-hydrogen) atoms. The zero-order valence-electron chi connectivity index (χ0n) is 8.94. The molecule has 0 saturated carbocycles. The fraction of sp³-hybridized carbons (Fsp3) is 0.364. The summed E-state index contributed by atoms with van der Waals surface area (Å²) in [5.41, 5.74) is -0.198. The van der Waals surface area contributed by atoms with Gasteiger partial charge in [-0.3, -0.25) is 4.79 Å². The molecule has 1 aromatic rings. The second-order valence-corrected chi connectivity index (χ2v) is 5.74. The highest BCUT2D eigenvalue weighted by molar-refractivity contribution is 9.10. The number of aromatic nitrogens is 1. The fourth-order valence-electron chi connectivity index (χ4n) is 1.61. The third-order valence-corrected chi connectivity index (χ3v) is 4.20. The molecule has 1 aliphatic rings. The predicted octanol–water partition coefficient (Wildman–Crippen LogP) is 1.97. The van der Waals surface area contributed by atoms with Gasteiger partial charge in [0, 0.05) is 17.5 Å². The van der Waals surface area contributed by atoms with E-state index in [4.69, 9.17) is 5.26 Å². The van der Waals surface area contributed by atoms with E-state index < -0.39 is 5.54 Å². The maximum Gasteiger partial charge on any atom is 0.252 e. The maximum absolute atomic E-state index is 12.0. The SMILES string of the molecule is N#CC1(NC(=O)c2ccnc(Br)c2)CCSC1. The second kappa shape index (κ2) is 5.07. The third kappa shape index (κ3) is 2.79. The Kier molecular flexibility index (Phi) is 3.69. The van der Waals surface area contributed by atoms with Crippen molar-refractivity contribution in [3.8, 4) is 6.07 Å². The van der Waals surface area contributed by atoms with Crippen LogP contribution in [0.25, 0.3) is 0 Å². The number of halogens is 1. The monoisotopic (exact) mass is 311 g/mol. The van der Waals surface area contributed by atoms with Crippen LogP contribution in [0, 0.1) is 11.3 Å². The van der Waals surface area contributed by atoms with Crippen LogP contribution in [0.4, 0.5) is 0 Å². The van der Waals surface area contributed by atoms with E-state index in [2.05, 4.69) is 32.3 Å². The number of nitrogens with zero attached hydrogens (tertiary/aromatic N) is 2. The van der Waals surface area contributed by atoms with Gasteiger partial charge in [0.2, 0.25) is 0 Å². The van der Waals surface area contributed by atoms with Crippen molar-refractivity contribution >= 4 is 33.6 Å². The topological polar surface area (TPSA) is 65.8 Å². The summed E-state index contributed by atoms with van der Waals surface area (Å²) in [7, 11) is 0. The molecular formula is C11H10BrN3OS. The van der Waals surface area contributed by atoms with Crippen molar-refractivity contribution in [2.24, 2.45) is 0 Å². The fourth-order valence-corrected chi connectivity index (χ4v) is 3.24. The predicted molar refractivity (Wildman–Crippen MR) is 69.7 cm³/mol. The zero-order chi connectivity index (χ0) is 12.3. The molecular weight excluding hydrogens is 302 g/mol. The van der Waals surface area contributed by atoms with Crippen LogP contribution in [-0.2, 0) is 0 Å². The van der Waals surface area contributed by atoms with E-state index in [1.165, 1.54) is 0 Å². The van der Waals surface area contributed by atoms with Crippen LogP contribution in [0.2, 0.25) is 0 Å². The van der Waals surface area contributed by atoms with Gasteiger partial charge < -0.3 is 5.32 Å². The van der Waals surface area contributed by atoms with Crippen molar-refractivity contribution in [2.75, 3.05) is 11.5 Å². The molecule has 1 atom stereocenters. The summed E-state index contributed by atoms with van der Waals surface area (Å²) in [6, 6.07) is 5.49. The summed E-state index contributed by atoms with van der Waals surface area (Å²) >= 11 is 4.90. The van der Waals surface area contributed by atoms with E-state index >= 15 is 0 Å². The molecule has 1 unspecified atom stereocenters. The minimum absolute atomic E-state index is 0.225. The Hall–Kier alpha value is -1.06. The first kappa shape index (κ1) is 12.4. The quantitative estimate of drug-likeness (QED) is 0.848. The number of rotatable bonds is 2. The van der Waals surface area contributed by atoms with Crippen molar-refractivity contribution in [2.45, 2.75) is 12.0 Å². The molecule has 1 N–H and O–H groups in total. The van der Waals surface area contributed by atoms with Crippen molar-refractivity contribution in [3.63, 3.8) is 0 Å². The second-order valence-electron chi connectivity index (χ2n) is 3.82. The minimum atomic E-state index is -0.711. The van der Waals surface area contributed by atoms with Gasteiger partial charge in [-0.05, 0) is 40.2 Å². The molecule has 2 rings (SSSR count). The molecule has 0 spiro atoms. The van der Waals surface area contributed by atoms with Crippen LogP contribution >= 0.6 is 27.7 Å². The highest BCUT2D eigenvalue weighted by Crippen LogP contribution is 2.27. The number of hydrogen-bond acceptors (Lipinski definition) is 4. The lowest BCUT2D eigenvalue weighted by atomic mass is 10.0. The zero-order valence-corrected chi connectivity index (χ0v) is 11.3. The Morgan fingerprint density at radius 2 is 2.53 bits per heavy atom. The lowest BCUT2D eigenvalue weighted by molar-refractivity contribution is 0.0926. The average Bonchev–Trinajstić information content (AvgIpc) is 2.78. The number of carbonyl (C=O) groups excluding carboxylic acids is 1. The molecule has 1 aliphatic heterocycles. The molecule has 1 amide bonds. The van der Waals surface area contributed by atoms with Gasteiger partial charge >= 0.3 is 0 Å². The average molecular weight is 312 g/mol. The number of carbonyl (C=O) groups is 1. The lowest BCUT2D eigenvalue weighted by Crippen LogP contribution is -2.47. The summed E-state index contributed by atoms with van der Waals surface area (Å²) < 4.78 is 0.608. The smallest absolute Gasteiger partial charge is 0.252 e. The molecule has 1 saturated heterocycles. The highest BCUT2D eigenvalue weighted by atomic mass is 79.9. The van der Waals surface area contributed by atoms with E-state index in [-0.39, 0.29) is 5.91 Å². The van der Waals surface area contributed by atoms with Gasteiger partial charge in [0.15, 0.2) is 0 Å². The van der Waals surface area contributed by atoms with E-state index in [0.717, 1.165) is 5.75 Å². The Morgan fingerprint density at radius 1 is 1.71 bits per heavy atom. The van der Waals surface area contributed by atoms with Crippen LogP contribution in [0.3, 0.4) is 0 Å². The maximum atomic E-state index is 12.0. The van der Waals surface area contributed by atoms with Crippen molar-refractivity contribution in [3.05, 3.63) is 28.5 Å². The van der Waals surface area contributed by atoms with Crippen LogP contribution in [0.15, 0.2) is 22.9 Å². The summed E-state index contributed by atoms with van der Waals surface area (Å²) in [6.45, 7) is 0. The number of nitriles is 1. The third-order valence-electron chi connectivity index (χ3n) is 2.58. The van der Waals surface area contributed by atoms with Crippen molar-refractivity contribution in [1.29, 1.82) is 5.26 Å².